The lowest BCUT2D eigenvalue weighted by Gasteiger charge is -2.12. The van der Waals surface area contributed by atoms with Crippen LogP contribution in [0.25, 0.3) is 0 Å². The summed E-state index contributed by atoms with van der Waals surface area (Å²) in [7, 11) is 0. The van der Waals surface area contributed by atoms with E-state index in [1.165, 1.54) is 6.42 Å². The van der Waals surface area contributed by atoms with Gasteiger partial charge in [0.05, 0.1) is 0 Å². The van der Waals surface area contributed by atoms with Crippen molar-refractivity contribution in [2.24, 2.45) is 0 Å². The largest absolute Gasteiger partial charge is 0.399 e. The highest BCUT2D eigenvalue weighted by Gasteiger charge is 2.24. The van der Waals surface area contributed by atoms with Gasteiger partial charge >= 0.3 is 0 Å². The lowest BCUT2D eigenvalue weighted by molar-refractivity contribution is -0.121. The third kappa shape index (κ3) is 4.46. The second-order valence-electron chi connectivity index (χ2n) is 5.18. The molecular weight excluding hydrogens is 256 g/mol. The summed E-state index contributed by atoms with van der Waals surface area (Å²) < 4.78 is 0. The van der Waals surface area contributed by atoms with Crippen molar-refractivity contribution in [3.8, 4) is 0 Å². The molecule has 2 unspecified atom stereocenters. The van der Waals surface area contributed by atoms with Gasteiger partial charge in [-0.25, -0.2) is 0 Å². The van der Waals surface area contributed by atoms with Crippen molar-refractivity contribution < 1.29 is 4.79 Å². The van der Waals surface area contributed by atoms with Crippen LogP contribution in [0.3, 0.4) is 0 Å². The zero-order chi connectivity index (χ0) is 13.7. The van der Waals surface area contributed by atoms with Crippen LogP contribution in [0.15, 0.2) is 24.3 Å². The van der Waals surface area contributed by atoms with E-state index in [9.17, 15) is 4.79 Å². The lowest BCUT2D eigenvalue weighted by Crippen LogP contribution is -2.33. The monoisotopic (exact) mass is 278 g/mol. The number of nitrogen functional groups attached to an aromatic ring is 1. The molecule has 1 fully saturated rings. The molecule has 1 aromatic carbocycles. The molecule has 2 atom stereocenters. The van der Waals surface area contributed by atoms with Crippen LogP contribution in [0, 0.1) is 0 Å². The maximum atomic E-state index is 11.9. The molecule has 3 N–H and O–H groups in total. The molecule has 1 saturated carbocycles. The van der Waals surface area contributed by atoms with Gasteiger partial charge in [-0.3, -0.25) is 4.79 Å². The molecule has 19 heavy (non-hydrogen) atoms. The third-order valence-corrected chi connectivity index (χ3v) is 4.77. The van der Waals surface area contributed by atoms with Gasteiger partial charge in [0.25, 0.3) is 0 Å². The fourth-order valence-electron chi connectivity index (χ4n) is 2.59. The number of anilines is 1. The van der Waals surface area contributed by atoms with Gasteiger partial charge < -0.3 is 11.1 Å². The number of aryl methyl sites for hydroxylation is 1. The number of amides is 1. The van der Waals surface area contributed by atoms with Gasteiger partial charge in [-0.05, 0) is 49.6 Å². The van der Waals surface area contributed by atoms with E-state index in [0.717, 1.165) is 35.8 Å². The number of thioether (sulfide) groups is 1. The minimum atomic E-state index is 0.161. The number of hydrogen-bond acceptors (Lipinski definition) is 3. The number of rotatable bonds is 5. The highest BCUT2D eigenvalue weighted by atomic mass is 32.2. The van der Waals surface area contributed by atoms with Gasteiger partial charge in [0.2, 0.25) is 5.91 Å². The summed E-state index contributed by atoms with van der Waals surface area (Å²) in [6, 6.07) is 8.13. The van der Waals surface area contributed by atoms with Gasteiger partial charge in [-0.2, -0.15) is 11.8 Å². The van der Waals surface area contributed by atoms with Crippen molar-refractivity contribution in [1.29, 1.82) is 0 Å². The Morgan fingerprint density at radius 3 is 3.00 bits per heavy atom. The van der Waals surface area contributed by atoms with Gasteiger partial charge in [-0.1, -0.05) is 12.1 Å². The van der Waals surface area contributed by atoms with Crippen molar-refractivity contribution in [2.75, 3.05) is 12.0 Å². The molecule has 1 aliphatic rings. The summed E-state index contributed by atoms with van der Waals surface area (Å²) in [6.45, 7) is 0. The standard InChI is InChI=1S/C15H22N2OS/c1-19-14-7-6-13(10-14)17-15(18)8-5-11-3-2-4-12(16)9-11/h2-4,9,13-14H,5-8,10,16H2,1H3,(H,17,18). The molecule has 4 heteroatoms. The molecule has 1 aliphatic carbocycles. The van der Waals surface area contributed by atoms with Crippen molar-refractivity contribution in [3.63, 3.8) is 0 Å². The predicted molar refractivity (Wildman–Crippen MR) is 82.3 cm³/mol. The normalized spacial score (nSPS) is 22.4. The molecule has 1 amide bonds. The molecule has 0 aliphatic heterocycles. The second kappa shape index (κ2) is 6.85. The molecular formula is C15H22N2OS. The molecule has 0 saturated heterocycles. The van der Waals surface area contributed by atoms with E-state index in [1.807, 2.05) is 36.0 Å². The van der Waals surface area contributed by atoms with E-state index in [1.54, 1.807) is 0 Å². The van der Waals surface area contributed by atoms with Crippen molar-refractivity contribution >= 4 is 23.4 Å². The van der Waals surface area contributed by atoms with E-state index in [2.05, 4.69) is 11.6 Å². The molecule has 104 valence electrons. The van der Waals surface area contributed by atoms with Gasteiger partial charge in [0.1, 0.15) is 0 Å². The van der Waals surface area contributed by atoms with Crippen LogP contribution >= 0.6 is 11.8 Å². The van der Waals surface area contributed by atoms with Gasteiger partial charge in [-0.15, -0.1) is 0 Å². The van der Waals surface area contributed by atoms with E-state index < -0.39 is 0 Å². The van der Waals surface area contributed by atoms with Crippen LogP contribution < -0.4 is 11.1 Å². The smallest absolute Gasteiger partial charge is 0.220 e. The summed E-state index contributed by atoms with van der Waals surface area (Å²) in [6.07, 6.45) is 6.91. The Balaban J connectivity index is 1.73. The van der Waals surface area contributed by atoms with Crippen molar-refractivity contribution in [1.82, 2.24) is 5.32 Å². The Hall–Kier alpha value is -1.16. The highest BCUT2D eigenvalue weighted by molar-refractivity contribution is 7.99. The average Bonchev–Trinajstić information content (AvgIpc) is 2.84. The maximum Gasteiger partial charge on any atom is 0.220 e. The fraction of sp³-hybridized carbons (Fsp3) is 0.533. The first-order valence-corrected chi connectivity index (χ1v) is 8.12. The van der Waals surface area contributed by atoms with Crippen LogP contribution in [0.5, 0.6) is 0 Å². The van der Waals surface area contributed by atoms with Crippen LogP contribution in [0.1, 0.15) is 31.2 Å². The first-order valence-electron chi connectivity index (χ1n) is 6.84. The number of carbonyl (C=O) groups excluding carboxylic acids is 1. The first-order chi connectivity index (χ1) is 9.17. The second-order valence-corrected chi connectivity index (χ2v) is 6.32. The number of nitrogens with two attached hydrogens (primary N) is 1. The maximum absolute atomic E-state index is 11.9. The number of nitrogens with one attached hydrogen (secondary N) is 1. The van der Waals surface area contributed by atoms with E-state index in [4.69, 9.17) is 5.73 Å². The fourth-order valence-corrected chi connectivity index (χ4v) is 3.39. The van der Waals surface area contributed by atoms with E-state index >= 15 is 0 Å². The Bertz CT molecular complexity index is 436. The predicted octanol–water partition coefficient (Wildman–Crippen LogP) is 2.60. The molecule has 3 nitrogen and oxygen atoms in total. The van der Waals surface area contributed by atoms with Crippen molar-refractivity contribution in [3.05, 3.63) is 29.8 Å². The number of benzene rings is 1. The lowest BCUT2D eigenvalue weighted by atomic mass is 10.1. The SMILES string of the molecule is CSC1CCC(NC(=O)CCc2cccc(N)c2)C1. The molecule has 0 aromatic heterocycles. The molecule has 2 rings (SSSR count). The summed E-state index contributed by atoms with van der Waals surface area (Å²) in [5.74, 6) is 0.161. The van der Waals surface area contributed by atoms with Gasteiger partial charge in [0.15, 0.2) is 0 Å². The van der Waals surface area contributed by atoms with Gasteiger partial charge in [0, 0.05) is 23.4 Å². The van der Waals surface area contributed by atoms with E-state index in [0.29, 0.717) is 12.5 Å². The zero-order valence-electron chi connectivity index (χ0n) is 11.4. The topological polar surface area (TPSA) is 55.1 Å². The van der Waals surface area contributed by atoms with Crippen LogP contribution in [0.4, 0.5) is 5.69 Å². The molecule has 0 heterocycles. The minimum Gasteiger partial charge on any atom is -0.399 e. The Morgan fingerprint density at radius 1 is 1.47 bits per heavy atom. The Kier molecular flexibility index (Phi) is 5.14. The minimum absolute atomic E-state index is 0.161. The third-order valence-electron chi connectivity index (χ3n) is 3.67. The van der Waals surface area contributed by atoms with Crippen LogP contribution in [0.2, 0.25) is 0 Å². The van der Waals surface area contributed by atoms with Crippen molar-refractivity contribution in [2.45, 2.75) is 43.4 Å². The quantitative estimate of drug-likeness (QED) is 0.814. The summed E-state index contributed by atoms with van der Waals surface area (Å²) in [5.41, 5.74) is 7.61. The van der Waals surface area contributed by atoms with Crippen LogP contribution in [-0.2, 0) is 11.2 Å². The summed E-state index contributed by atoms with van der Waals surface area (Å²) >= 11 is 1.91. The zero-order valence-corrected chi connectivity index (χ0v) is 12.2. The summed E-state index contributed by atoms with van der Waals surface area (Å²) in [5, 5.41) is 3.87. The highest BCUT2D eigenvalue weighted by Crippen LogP contribution is 2.28. The Morgan fingerprint density at radius 2 is 2.32 bits per heavy atom. The molecule has 0 spiro atoms. The summed E-state index contributed by atoms with van der Waals surface area (Å²) in [4.78, 5) is 11.9. The van der Waals surface area contributed by atoms with E-state index in [-0.39, 0.29) is 5.91 Å². The molecule has 0 radical (unpaired) electrons. The molecule has 1 aromatic rings. The number of hydrogen-bond donors (Lipinski definition) is 2. The Labute approximate surface area is 119 Å². The molecule has 0 bridgehead atoms. The average molecular weight is 278 g/mol. The van der Waals surface area contributed by atoms with Crippen LogP contribution in [-0.4, -0.2) is 23.5 Å². The number of carbonyl (C=O) groups is 1. The first kappa shape index (κ1) is 14.3.